The average molecular weight is 214 g/mol. The molecule has 0 bridgehead atoms. The van der Waals surface area contributed by atoms with Crippen LogP contribution >= 0.6 is 0 Å². The highest BCUT2D eigenvalue weighted by atomic mass is 16.3. The van der Waals surface area contributed by atoms with E-state index in [0.717, 1.165) is 0 Å². The van der Waals surface area contributed by atoms with E-state index in [-0.39, 0.29) is 11.9 Å². The van der Waals surface area contributed by atoms with Crippen LogP contribution in [0.1, 0.15) is 6.92 Å². The minimum atomic E-state index is -0.750. The van der Waals surface area contributed by atoms with Gasteiger partial charge in [-0.05, 0) is 6.92 Å². The van der Waals surface area contributed by atoms with E-state index in [2.05, 4.69) is 11.9 Å². The van der Waals surface area contributed by atoms with Crippen molar-refractivity contribution in [3.05, 3.63) is 12.7 Å². The van der Waals surface area contributed by atoms with Crippen molar-refractivity contribution in [1.82, 2.24) is 10.2 Å². The van der Waals surface area contributed by atoms with Crippen molar-refractivity contribution in [1.29, 1.82) is 0 Å². The summed E-state index contributed by atoms with van der Waals surface area (Å²) >= 11 is 0. The number of hydrogen-bond donors (Lipinski definition) is 3. The van der Waals surface area contributed by atoms with Gasteiger partial charge in [0, 0.05) is 19.6 Å². The van der Waals surface area contributed by atoms with E-state index in [4.69, 9.17) is 0 Å². The molecule has 3 atom stereocenters. The molecular weight excluding hydrogens is 196 g/mol. The van der Waals surface area contributed by atoms with Crippen molar-refractivity contribution in [2.75, 3.05) is 19.6 Å². The van der Waals surface area contributed by atoms with Gasteiger partial charge in [0.1, 0.15) is 0 Å². The molecule has 1 unspecified atom stereocenters. The van der Waals surface area contributed by atoms with Crippen LogP contribution in [0.15, 0.2) is 12.7 Å². The molecule has 1 aliphatic heterocycles. The fourth-order valence-electron chi connectivity index (χ4n) is 1.60. The molecule has 15 heavy (non-hydrogen) atoms. The van der Waals surface area contributed by atoms with Gasteiger partial charge in [0.05, 0.1) is 18.2 Å². The largest absolute Gasteiger partial charge is 0.389 e. The molecule has 0 aromatic rings. The topological polar surface area (TPSA) is 72.8 Å². The molecule has 1 fully saturated rings. The number of likely N-dealkylation sites (tertiary alicyclic amines) is 1. The minimum Gasteiger partial charge on any atom is -0.389 e. The van der Waals surface area contributed by atoms with Crippen LogP contribution in [0.3, 0.4) is 0 Å². The summed E-state index contributed by atoms with van der Waals surface area (Å²) in [5.41, 5.74) is 0. The van der Waals surface area contributed by atoms with Crippen molar-refractivity contribution in [3.8, 4) is 0 Å². The lowest BCUT2D eigenvalue weighted by molar-refractivity contribution is -0.125. The number of carbonyl (C=O) groups is 1. The number of nitrogens with one attached hydrogen (secondary N) is 1. The Morgan fingerprint density at radius 3 is 2.60 bits per heavy atom. The smallest absolute Gasteiger partial charge is 0.237 e. The first-order valence-corrected chi connectivity index (χ1v) is 5.05. The lowest BCUT2D eigenvalue weighted by Gasteiger charge is -2.22. The molecule has 1 heterocycles. The van der Waals surface area contributed by atoms with Crippen molar-refractivity contribution in [2.45, 2.75) is 25.2 Å². The Bertz CT molecular complexity index is 235. The summed E-state index contributed by atoms with van der Waals surface area (Å²) in [6.07, 6.45) is 0.109. The Morgan fingerprint density at radius 2 is 2.13 bits per heavy atom. The number of aliphatic hydroxyl groups excluding tert-OH is 2. The molecule has 3 N–H and O–H groups in total. The second kappa shape index (κ2) is 5.25. The maximum atomic E-state index is 11.5. The highest BCUT2D eigenvalue weighted by Gasteiger charge is 2.34. The van der Waals surface area contributed by atoms with Gasteiger partial charge in [0.15, 0.2) is 0 Å². The number of carbonyl (C=O) groups excluding carboxylic acids is 1. The van der Waals surface area contributed by atoms with Crippen LogP contribution in [0.4, 0.5) is 0 Å². The summed E-state index contributed by atoms with van der Waals surface area (Å²) in [5, 5.41) is 21.3. The number of rotatable bonds is 4. The fraction of sp³-hybridized carbons (Fsp3) is 0.700. The molecular formula is C10H18N2O3. The van der Waals surface area contributed by atoms with Crippen LogP contribution < -0.4 is 5.32 Å². The third-order valence-electron chi connectivity index (χ3n) is 2.64. The summed E-state index contributed by atoms with van der Waals surface area (Å²) < 4.78 is 0. The van der Waals surface area contributed by atoms with Gasteiger partial charge in [-0.1, -0.05) is 6.08 Å². The first-order chi connectivity index (χ1) is 7.06. The standard InChI is InChI=1S/C10H18N2O3/c1-3-4-11-10(15)7(2)12-5-8(13)9(14)6-12/h3,7-9,13-14H,1,4-6H2,2H3,(H,11,15)/t7?,8-,9+. The van der Waals surface area contributed by atoms with Gasteiger partial charge in [-0.2, -0.15) is 0 Å². The molecule has 0 spiro atoms. The van der Waals surface area contributed by atoms with E-state index < -0.39 is 12.2 Å². The molecule has 1 saturated heterocycles. The zero-order valence-corrected chi connectivity index (χ0v) is 8.89. The molecule has 1 aliphatic rings. The highest BCUT2D eigenvalue weighted by Crippen LogP contribution is 2.13. The first-order valence-electron chi connectivity index (χ1n) is 5.05. The summed E-state index contributed by atoms with van der Waals surface area (Å²) in [6.45, 7) is 6.37. The minimum absolute atomic E-state index is 0.115. The summed E-state index contributed by atoms with van der Waals surface area (Å²) in [6, 6.07) is -0.336. The third-order valence-corrected chi connectivity index (χ3v) is 2.64. The van der Waals surface area contributed by atoms with E-state index in [1.807, 2.05) is 0 Å². The Morgan fingerprint density at radius 1 is 1.60 bits per heavy atom. The lowest BCUT2D eigenvalue weighted by atomic mass is 10.3. The van der Waals surface area contributed by atoms with Gasteiger partial charge in [0.25, 0.3) is 0 Å². The lowest BCUT2D eigenvalue weighted by Crippen LogP contribution is -2.44. The molecule has 1 rings (SSSR count). The number of nitrogens with zero attached hydrogens (tertiary/aromatic N) is 1. The van der Waals surface area contributed by atoms with Crippen molar-refractivity contribution >= 4 is 5.91 Å². The van der Waals surface area contributed by atoms with Crippen molar-refractivity contribution in [2.24, 2.45) is 0 Å². The van der Waals surface area contributed by atoms with Gasteiger partial charge in [-0.25, -0.2) is 0 Å². The van der Waals surface area contributed by atoms with E-state index in [1.165, 1.54) is 0 Å². The van der Waals surface area contributed by atoms with E-state index in [1.54, 1.807) is 17.9 Å². The van der Waals surface area contributed by atoms with Crippen LogP contribution in [0.5, 0.6) is 0 Å². The predicted octanol–water partition coefficient (Wildman–Crippen LogP) is -1.29. The fourth-order valence-corrected chi connectivity index (χ4v) is 1.60. The van der Waals surface area contributed by atoms with Gasteiger partial charge in [-0.15, -0.1) is 6.58 Å². The quantitative estimate of drug-likeness (QED) is 0.509. The summed E-state index contributed by atoms with van der Waals surface area (Å²) in [7, 11) is 0. The van der Waals surface area contributed by atoms with E-state index >= 15 is 0 Å². The maximum absolute atomic E-state index is 11.5. The number of β-amino-alcohol motifs (C(OH)–C–C–N with tert-alkyl or cyclic N) is 2. The second-order valence-electron chi connectivity index (χ2n) is 3.80. The Balaban J connectivity index is 2.43. The Labute approximate surface area is 89.4 Å². The summed E-state index contributed by atoms with van der Waals surface area (Å²) in [5.74, 6) is -0.115. The molecule has 0 radical (unpaired) electrons. The van der Waals surface area contributed by atoms with Crippen LogP contribution in [0.25, 0.3) is 0 Å². The maximum Gasteiger partial charge on any atom is 0.237 e. The molecule has 86 valence electrons. The summed E-state index contributed by atoms with van der Waals surface area (Å²) in [4.78, 5) is 13.3. The van der Waals surface area contributed by atoms with E-state index in [9.17, 15) is 15.0 Å². The monoisotopic (exact) mass is 214 g/mol. The first kappa shape index (κ1) is 12.2. The van der Waals surface area contributed by atoms with Crippen molar-refractivity contribution < 1.29 is 15.0 Å². The Hall–Kier alpha value is -0.910. The second-order valence-corrected chi connectivity index (χ2v) is 3.80. The zero-order valence-electron chi connectivity index (χ0n) is 8.89. The Kier molecular flexibility index (Phi) is 4.26. The van der Waals surface area contributed by atoms with Crippen LogP contribution in [0.2, 0.25) is 0 Å². The number of hydrogen-bond acceptors (Lipinski definition) is 4. The highest BCUT2D eigenvalue weighted by molar-refractivity contribution is 5.81. The van der Waals surface area contributed by atoms with Gasteiger partial charge in [0.2, 0.25) is 5.91 Å². The molecule has 0 saturated carbocycles. The zero-order chi connectivity index (χ0) is 11.4. The molecule has 5 heteroatoms. The van der Waals surface area contributed by atoms with Crippen molar-refractivity contribution in [3.63, 3.8) is 0 Å². The third kappa shape index (κ3) is 3.02. The molecule has 5 nitrogen and oxygen atoms in total. The molecule has 0 aliphatic carbocycles. The molecule has 1 amide bonds. The molecule has 0 aromatic carbocycles. The van der Waals surface area contributed by atoms with Gasteiger partial charge < -0.3 is 15.5 Å². The normalized spacial score (nSPS) is 28.7. The van der Waals surface area contributed by atoms with Crippen LogP contribution in [-0.2, 0) is 4.79 Å². The van der Waals surface area contributed by atoms with Crippen LogP contribution in [0, 0.1) is 0 Å². The number of aliphatic hydroxyl groups is 2. The average Bonchev–Trinajstić information content (AvgIpc) is 2.54. The predicted molar refractivity (Wildman–Crippen MR) is 56.3 cm³/mol. The SMILES string of the molecule is C=CCNC(=O)C(C)N1C[C@@H](O)[C@@H](O)C1. The molecule has 0 aromatic heterocycles. The van der Waals surface area contributed by atoms with Gasteiger partial charge >= 0.3 is 0 Å². The van der Waals surface area contributed by atoms with Gasteiger partial charge in [-0.3, -0.25) is 9.69 Å². The number of amides is 1. The van der Waals surface area contributed by atoms with Crippen LogP contribution in [-0.4, -0.2) is 58.9 Å². The van der Waals surface area contributed by atoms with E-state index in [0.29, 0.717) is 19.6 Å².